The van der Waals surface area contributed by atoms with Gasteiger partial charge in [0.15, 0.2) is 0 Å². The minimum absolute atomic E-state index is 0.111. The number of hydrogen-bond donors (Lipinski definition) is 2. The number of para-hydroxylation sites is 1. The maximum atomic E-state index is 11.1. The molecule has 7 heteroatoms. The van der Waals surface area contributed by atoms with E-state index in [1.807, 2.05) is 6.92 Å². The summed E-state index contributed by atoms with van der Waals surface area (Å²) in [5, 5.41) is 11.1. The average molecular weight is 289 g/mol. The fourth-order valence-corrected chi connectivity index (χ4v) is 1.81. The van der Waals surface area contributed by atoms with Gasteiger partial charge in [-0.2, -0.15) is 0 Å². The minimum atomic E-state index is -0.543. The lowest BCUT2D eigenvalue weighted by Crippen LogP contribution is -2.09. The quantitative estimate of drug-likeness (QED) is 0.481. The molecule has 110 valence electrons. The zero-order valence-electron chi connectivity index (χ0n) is 11.4. The molecule has 0 aliphatic rings. The average Bonchev–Trinajstić information content (AvgIpc) is 2.49. The minimum Gasteiger partial charge on any atom is -0.494 e. The Labute approximate surface area is 121 Å². The van der Waals surface area contributed by atoms with E-state index in [1.54, 1.807) is 30.3 Å². The highest BCUT2D eigenvalue weighted by Gasteiger charge is 2.21. The molecular weight excluding hydrogens is 274 g/mol. The first-order valence-corrected chi connectivity index (χ1v) is 6.30. The lowest BCUT2D eigenvalue weighted by molar-refractivity contribution is -0.384. The van der Waals surface area contributed by atoms with Crippen LogP contribution in [0.15, 0.2) is 42.5 Å². The van der Waals surface area contributed by atoms with Crippen molar-refractivity contribution in [3.05, 3.63) is 52.6 Å². The highest BCUT2D eigenvalue weighted by molar-refractivity contribution is 5.68. The maximum absolute atomic E-state index is 11.1. The topological polar surface area (TPSA) is 99.7 Å². The van der Waals surface area contributed by atoms with Crippen molar-refractivity contribution in [2.24, 2.45) is 5.84 Å². The summed E-state index contributed by atoms with van der Waals surface area (Å²) in [4.78, 5) is 10.6. The maximum Gasteiger partial charge on any atom is 0.335 e. The number of nitro benzene ring substituents is 1. The zero-order chi connectivity index (χ0) is 15.2. The molecule has 0 bridgehead atoms. The summed E-state index contributed by atoms with van der Waals surface area (Å²) in [5.41, 5.74) is 2.26. The third kappa shape index (κ3) is 3.40. The van der Waals surface area contributed by atoms with E-state index in [0.717, 1.165) is 0 Å². The van der Waals surface area contributed by atoms with Crippen molar-refractivity contribution in [1.29, 1.82) is 0 Å². The van der Waals surface area contributed by atoms with Crippen LogP contribution in [0.5, 0.6) is 17.2 Å². The number of nitrogens with zero attached hydrogens (tertiary/aromatic N) is 1. The van der Waals surface area contributed by atoms with E-state index in [0.29, 0.717) is 18.1 Å². The fraction of sp³-hybridized carbons (Fsp3) is 0.143. The fourth-order valence-electron chi connectivity index (χ4n) is 1.81. The Hall–Kier alpha value is -2.80. The van der Waals surface area contributed by atoms with Gasteiger partial charge in [0.1, 0.15) is 17.2 Å². The van der Waals surface area contributed by atoms with Crippen molar-refractivity contribution in [2.75, 3.05) is 12.0 Å². The van der Waals surface area contributed by atoms with Crippen LogP contribution in [0.3, 0.4) is 0 Å². The molecule has 2 aromatic rings. The van der Waals surface area contributed by atoms with Gasteiger partial charge in [0.05, 0.1) is 11.5 Å². The molecule has 21 heavy (non-hydrogen) atoms. The van der Waals surface area contributed by atoms with E-state index >= 15 is 0 Å². The van der Waals surface area contributed by atoms with Gasteiger partial charge in [0.25, 0.3) is 0 Å². The number of nitrogen functional groups attached to an aromatic ring is 1. The van der Waals surface area contributed by atoms with Gasteiger partial charge >= 0.3 is 5.69 Å². The molecule has 0 radical (unpaired) electrons. The molecule has 0 spiro atoms. The lowest BCUT2D eigenvalue weighted by atomic mass is 10.2. The Bertz CT molecular complexity index is 629. The Balaban J connectivity index is 2.28. The van der Waals surface area contributed by atoms with E-state index in [4.69, 9.17) is 15.3 Å². The molecule has 0 aromatic heterocycles. The summed E-state index contributed by atoms with van der Waals surface area (Å²) in [6.45, 7) is 2.45. The highest BCUT2D eigenvalue weighted by Crippen LogP contribution is 2.37. The number of nitrogens with two attached hydrogens (primary N) is 1. The summed E-state index contributed by atoms with van der Waals surface area (Å²) >= 11 is 0. The summed E-state index contributed by atoms with van der Waals surface area (Å²) < 4.78 is 10.9. The van der Waals surface area contributed by atoms with Gasteiger partial charge in [-0.1, -0.05) is 6.07 Å². The molecule has 0 aliphatic heterocycles. The first kappa shape index (κ1) is 14.6. The molecule has 0 saturated heterocycles. The Morgan fingerprint density at radius 1 is 1.19 bits per heavy atom. The van der Waals surface area contributed by atoms with Crippen LogP contribution in [0.25, 0.3) is 0 Å². The van der Waals surface area contributed by atoms with Crippen molar-refractivity contribution in [2.45, 2.75) is 6.92 Å². The molecule has 2 rings (SSSR count). The molecule has 7 nitrogen and oxygen atoms in total. The number of hydrazine groups is 1. The zero-order valence-corrected chi connectivity index (χ0v) is 11.4. The van der Waals surface area contributed by atoms with Crippen LogP contribution in [0.1, 0.15) is 6.92 Å². The van der Waals surface area contributed by atoms with Crippen molar-refractivity contribution in [3.63, 3.8) is 0 Å². The van der Waals surface area contributed by atoms with Gasteiger partial charge in [0.2, 0.25) is 5.75 Å². The first-order valence-electron chi connectivity index (χ1n) is 6.30. The first-order chi connectivity index (χ1) is 10.2. The standard InChI is InChI=1S/C14H15N3O4/c1-2-20-10-6-8-11(9-7-10)21-13-5-3-4-12(16-15)14(13)17(18)19/h3-9,16H,2,15H2,1H3. The Morgan fingerprint density at radius 2 is 1.86 bits per heavy atom. The van der Waals surface area contributed by atoms with Gasteiger partial charge in [-0.25, -0.2) is 0 Å². The predicted molar refractivity (Wildman–Crippen MR) is 78.6 cm³/mol. The van der Waals surface area contributed by atoms with Gasteiger partial charge < -0.3 is 14.9 Å². The second-order valence-corrected chi connectivity index (χ2v) is 4.06. The summed E-state index contributed by atoms with van der Waals surface area (Å²) in [6, 6.07) is 11.4. The van der Waals surface area contributed by atoms with E-state index in [1.165, 1.54) is 12.1 Å². The second kappa shape index (κ2) is 6.58. The number of rotatable bonds is 6. The third-order valence-corrected chi connectivity index (χ3v) is 2.70. The van der Waals surface area contributed by atoms with E-state index in [2.05, 4.69) is 5.43 Å². The van der Waals surface area contributed by atoms with Crippen molar-refractivity contribution in [1.82, 2.24) is 0 Å². The van der Waals surface area contributed by atoms with Gasteiger partial charge in [-0.05, 0) is 43.3 Å². The van der Waals surface area contributed by atoms with Crippen LogP contribution in [0.4, 0.5) is 11.4 Å². The molecule has 0 unspecified atom stereocenters. The molecular formula is C14H15N3O4. The normalized spacial score (nSPS) is 10.0. The monoisotopic (exact) mass is 289 g/mol. The van der Waals surface area contributed by atoms with E-state index < -0.39 is 4.92 Å². The Morgan fingerprint density at radius 3 is 2.43 bits per heavy atom. The summed E-state index contributed by atoms with van der Waals surface area (Å²) in [6.07, 6.45) is 0. The number of benzene rings is 2. The molecule has 0 aliphatic carbocycles. The number of ether oxygens (including phenoxy) is 2. The van der Waals surface area contributed by atoms with Crippen molar-refractivity contribution >= 4 is 11.4 Å². The van der Waals surface area contributed by atoms with Crippen molar-refractivity contribution < 1.29 is 14.4 Å². The number of nitro groups is 1. The predicted octanol–water partition coefficient (Wildman–Crippen LogP) is 3.07. The SMILES string of the molecule is CCOc1ccc(Oc2cccc(NN)c2[N+](=O)[O-])cc1. The van der Waals surface area contributed by atoms with Crippen LogP contribution in [-0.4, -0.2) is 11.5 Å². The van der Waals surface area contributed by atoms with Crippen LogP contribution < -0.4 is 20.7 Å². The summed E-state index contributed by atoms with van der Waals surface area (Å²) in [7, 11) is 0. The number of nitrogens with one attached hydrogen (secondary N) is 1. The molecule has 2 aromatic carbocycles. The van der Waals surface area contributed by atoms with Crippen LogP contribution in [-0.2, 0) is 0 Å². The second-order valence-electron chi connectivity index (χ2n) is 4.06. The number of hydrogen-bond acceptors (Lipinski definition) is 6. The molecule has 0 atom stereocenters. The van der Waals surface area contributed by atoms with Gasteiger partial charge in [-0.15, -0.1) is 0 Å². The lowest BCUT2D eigenvalue weighted by Gasteiger charge is -2.09. The van der Waals surface area contributed by atoms with Gasteiger partial charge in [0, 0.05) is 0 Å². The van der Waals surface area contributed by atoms with Gasteiger partial charge in [-0.3, -0.25) is 16.0 Å². The highest BCUT2D eigenvalue weighted by atomic mass is 16.6. The molecule has 3 N–H and O–H groups in total. The van der Waals surface area contributed by atoms with E-state index in [-0.39, 0.29) is 17.1 Å². The Kier molecular flexibility index (Phi) is 4.57. The smallest absolute Gasteiger partial charge is 0.335 e. The summed E-state index contributed by atoms with van der Waals surface area (Å²) in [5.74, 6) is 6.56. The van der Waals surface area contributed by atoms with Crippen molar-refractivity contribution in [3.8, 4) is 17.2 Å². The molecule has 0 fully saturated rings. The molecule has 0 amide bonds. The number of anilines is 1. The van der Waals surface area contributed by atoms with Crippen LogP contribution >= 0.6 is 0 Å². The molecule has 0 saturated carbocycles. The molecule has 0 heterocycles. The largest absolute Gasteiger partial charge is 0.494 e. The van der Waals surface area contributed by atoms with Crippen LogP contribution in [0.2, 0.25) is 0 Å². The van der Waals surface area contributed by atoms with Crippen LogP contribution in [0, 0.1) is 10.1 Å². The third-order valence-electron chi connectivity index (χ3n) is 2.70. The van der Waals surface area contributed by atoms with E-state index in [9.17, 15) is 10.1 Å².